The molecule has 2 saturated heterocycles. The topological polar surface area (TPSA) is 113 Å². The van der Waals surface area contributed by atoms with Crippen molar-refractivity contribution in [3.8, 4) is 0 Å². The van der Waals surface area contributed by atoms with Gasteiger partial charge in [-0.3, -0.25) is 19.2 Å². The third kappa shape index (κ3) is 9.00. The summed E-state index contributed by atoms with van der Waals surface area (Å²) >= 11 is 5.86. The Kier molecular flexibility index (Phi) is 12.4. The Morgan fingerprint density at radius 3 is 1.69 bits per heavy atom. The number of rotatable bonds is 9. The Morgan fingerprint density at radius 1 is 0.750 bits per heavy atom. The molecule has 0 bridgehead atoms. The molecule has 0 aliphatic carbocycles. The number of aryl methyl sites for hydroxylation is 2. The highest BCUT2D eigenvalue weighted by atomic mass is 35.5. The maximum atomic E-state index is 14.6. The smallest absolute Gasteiger partial charge is 0.308 e. The summed E-state index contributed by atoms with van der Waals surface area (Å²) in [6.07, 6.45) is 1.09. The molecular formula is C36H37ClF4N2O5. The van der Waals surface area contributed by atoms with E-state index in [-0.39, 0.29) is 67.5 Å². The number of carboxylic acids is 1. The van der Waals surface area contributed by atoms with Crippen LogP contribution in [-0.2, 0) is 38.4 Å². The number of amides is 2. The SMILES string of the molecule is CCc1cc(F)c(C2CC(=O)NCC2C(=O)O)c(F)c1.CCc1cc(F)c(C2CC(=O)NC[C@H]2CC(=O)Cc2ccc(Cl)cc2)c(F)c1. The molecule has 48 heavy (non-hydrogen) atoms. The van der Waals surface area contributed by atoms with Gasteiger partial charge < -0.3 is 15.7 Å². The number of nitrogens with one attached hydrogen (secondary N) is 2. The Hall–Kier alpha value is -4.25. The summed E-state index contributed by atoms with van der Waals surface area (Å²) in [6, 6.07) is 12.0. The van der Waals surface area contributed by atoms with Crippen molar-refractivity contribution >= 4 is 35.2 Å². The molecule has 5 rings (SSSR count). The van der Waals surface area contributed by atoms with E-state index in [1.807, 2.05) is 6.92 Å². The summed E-state index contributed by atoms with van der Waals surface area (Å²) < 4.78 is 57.4. The molecular weight excluding hydrogens is 652 g/mol. The molecule has 0 saturated carbocycles. The van der Waals surface area contributed by atoms with Gasteiger partial charge in [-0.05, 0) is 71.8 Å². The van der Waals surface area contributed by atoms with Gasteiger partial charge in [0.15, 0.2) is 0 Å². The summed E-state index contributed by atoms with van der Waals surface area (Å²) in [4.78, 5) is 47.1. The zero-order chi connectivity index (χ0) is 35.1. The second-order valence-corrected chi connectivity index (χ2v) is 12.6. The van der Waals surface area contributed by atoms with E-state index in [2.05, 4.69) is 10.6 Å². The Balaban J connectivity index is 0.000000229. The first-order valence-electron chi connectivity index (χ1n) is 15.8. The van der Waals surface area contributed by atoms with Crippen LogP contribution in [0.15, 0.2) is 48.5 Å². The van der Waals surface area contributed by atoms with Gasteiger partial charge in [0.2, 0.25) is 11.8 Å². The molecule has 2 aliphatic heterocycles. The van der Waals surface area contributed by atoms with E-state index in [4.69, 9.17) is 16.7 Å². The lowest BCUT2D eigenvalue weighted by molar-refractivity contribution is -0.144. The van der Waals surface area contributed by atoms with E-state index in [9.17, 15) is 36.7 Å². The van der Waals surface area contributed by atoms with Crippen LogP contribution < -0.4 is 10.6 Å². The third-order valence-corrected chi connectivity index (χ3v) is 9.16. The predicted octanol–water partition coefficient (Wildman–Crippen LogP) is 6.43. The highest BCUT2D eigenvalue weighted by Gasteiger charge is 2.38. The average Bonchev–Trinajstić information content (AvgIpc) is 3.03. The van der Waals surface area contributed by atoms with Crippen LogP contribution in [0.3, 0.4) is 0 Å². The molecule has 4 atom stereocenters. The van der Waals surface area contributed by atoms with Crippen molar-refractivity contribution in [1.29, 1.82) is 0 Å². The van der Waals surface area contributed by atoms with Gasteiger partial charge in [0.05, 0.1) is 5.92 Å². The minimum atomic E-state index is -1.17. The molecule has 256 valence electrons. The summed E-state index contributed by atoms with van der Waals surface area (Å²) in [6.45, 7) is 3.69. The Morgan fingerprint density at radius 2 is 1.21 bits per heavy atom. The quantitative estimate of drug-likeness (QED) is 0.224. The van der Waals surface area contributed by atoms with E-state index in [1.54, 1.807) is 31.2 Å². The molecule has 3 N–H and O–H groups in total. The molecule has 12 heteroatoms. The van der Waals surface area contributed by atoms with E-state index >= 15 is 0 Å². The van der Waals surface area contributed by atoms with Crippen molar-refractivity contribution in [3.63, 3.8) is 0 Å². The molecule has 0 radical (unpaired) electrons. The molecule has 7 nitrogen and oxygen atoms in total. The Bertz CT molecular complexity index is 1640. The molecule has 2 amide bonds. The Labute approximate surface area is 281 Å². The van der Waals surface area contributed by atoms with Gasteiger partial charge in [-0.25, -0.2) is 17.6 Å². The van der Waals surface area contributed by atoms with E-state index in [1.165, 1.54) is 24.3 Å². The zero-order valence-corrected chi connectivity index (χ0v) is 27.3. The van der Waals surface area contributed by atoms with Gasteiger partial charge in [-0.15, -0.1) is 0 Å². The second-order valence-electron chi connectivity index (χ2n) is 12.1. The molecule has 3 unspecified atom stereocenters. The fourth-order valence-corrected chi connectivity index (χ4v) is 6.43. The van der Waals surface area contributed by atoms with Crippen molar-refractivity contribution in [2.45, 2.75) is 64.2 Å². The van der Waals surface area contributed by atoms with Gasteiger partial charge in [0.1, 0.15) is 29.1 Å². The molecule has 2 heterocycles. The first-order chi connectivity index (χ1) is 22.8. The van der Waals surface area contributed by atoms with Crippen LogP contribution in [0.5, 0.6) is 0 Å². The van der Waals surface area contributed by atoms with E-state index in [0.717, 1.165) is 5.56 Å². The van der Waals surface area contributed by atoms with Crippen LogP contribution in [-0.4, -0.2) is 41.8 Å². The maximum Gasteiger partial charge on any atom is 0.308 e. The van der Waals surface area contributed by atoms with Crippen molar-refractivity contribution < 1.29 is 41.8 Å². The number of carboxylic acid groups (broad SMARTS) is 1. The number of aliphatic carboxylic acids is 1. The van der Waals surface area contributed by atoms with Crippen molar-refractivity contribution in [1.82, 2.24) is 10.6 Å². The standard InChI is InChI=1S/C22H22ClF2NO2.C14H15F2NO3/c1-2-13-8-19(24)22(20(25)9-13)18-11-21(28)26-12-15(18)10-17(27)7-14-3-5-16(23)6-4-14;1-2-7-3-10(15)13(11(16)4-7)8-5-12(18)17-6-9(8)14(19)20/h3-6,8-9,15,18H,2,7,10-12H2,1H3,(H,26,28);3-4,8-9H,2,5-6H2,1H3,(H,17,18)(H,19,20)/t15-,18?;/m1./s1. The zero-order valence-electron chi connectivity index (χ0n) is 26.6. The fourth-order valence-electron chi connectivity index (χ4n) is 6.31. The van der Waals surface area contributed by atoms with Crippen LogP contribution in [0, 0.1) is 35.1 Å². The highest BCUT2D eigenvalue weighted by Crippen LogP contribution is 2.37. The lowest BCUT2D eigenvalue weighted by atomic mass is 9.77. The number of piperidine rings is 2. The number of hydrogen-bond acceptors (Lipinski definition) is 4. The van der Waals surface area contributed by atoms with Gasteiger partial charge in [-0.1, -0.05) is 37.6 Å². The minimum absolute atomic E-state index is 0.0296. The van der Waals surface area contributed by atoms with Crippen LogP contribution in [0.4, 0.5) is 17.6 Å². The van der Waals surface area contributed by atoms with Crippen LogP contribution in [0.25, 0.3) is 0 Å². The van der Waals surface area contributed by atoms with Gasteiger partial charge >= 0.3 is 5.97 Å². The van der Waals surface area contributed by atoms with Crippen LogP contribution in [0.1, 0.15) is 72.8 Å². The lowest BCUT2D eigenvalue weighted by Crippen LogP contribution is -2.43. The second kappa shape index (κ2) is 16.2. The summed E-state index contributed by atoms with van der Waals surface area (Å²) in [5, 5.41) is 14.9. The average molecular weight is 689 g/mol. The first-order valence-corrected chi connectivity index (χ1v) is 16.2. The number of hydrogen-bond donors (Lipinski definition) is 3. The van der Waals surface area contributed by atoms with E-state index in [0.29, 0.717) is 29.0 Å². The monoisotopic (exact) mass is 688 g/mol. The van der Waals surface area contributed by atoms with Gasteiger partial charge in [-0.2, -0.15) is 0 Å². The summed E-state index contributed by atoms with van der Waals surface area (Å²) in [5.74, 6) is -7.75. The van der Waals surface area contributed by atoms with E-state index < -0.39 is 52.9 Å². The van der Waals surface area contributed by atoms with Crippen molar-refractivity contribution in [2.75, 3.05) is 13.1 Å². The first kappa shape index (κ1) is 36.6. The largest absolute Gasteiger partial charge is 0.481 e. The number of carbonyl (C=O) groups excluding carboxylic acids is 3. The number of benzene rings is 3. The fraction of sp³-hybridized carbons (Fsp3) is 0.389. The van der Waals surface area contributed by atoms with Crippen molar-refractivity contribution in [3.05, 3.63) is 105 Å². The van der Waals surface area contributed by atoms with Crippen molar-refractivity contribution in [2.24, 2.45) is 11.8 Å². The molecule has 2 fully saturated rings. The molecule has 3 aromatic carbocycles. The number of halogens is 5. The summed E-state index contributed by atoms with van der Waals surface area (Å²) in [5.41, 5.74) is 1.50. The molecule has 2 aliphatic rings. The molecule has 0 spiro atoms. The van der Waals surface area contributed by atoms with Crippen LogP contribution in [0.2, 0.25) is 5.02 Å². The normalized spacial score (nSPS) is 20.6. The predicted molar refractivity (Wildman–Crippen MR) is 172 cm³/mol. The molecule has 3 aromatic rings. The number of ketones is 1. The molecule has 0 aromatic heterocycles. The van der Waals surface area contributed by atoms with Gasteiger partial charge in [0, 0.05) is 66.8 Å². The maximum absolute atomic E-state index is 14.6. The highest BCUT2D eigenvalue weighted by molar-refractivity contribution is 6.30. The van der Waals surface area contributed by atoms with Crippen LogP contribution >= 0.6 is 11.6 Å². The lowest BCUT2D eigenvalue weighted by Gasteiger charge is -2.32. The third-order valence-electron chi connectivity index (χ3n) is 8.90. The minimum Gasteiger partial charge on any atom is -0.481 e. The number of Topliss-reactive ketones (excluding diaryl/α,β-unsaturated/α-hetero) is 1. The van der Waals surface area contributed by atoms with Gasteiger partial charge in [0.25, 0.3) is 0 Å². The summed E-state index contributed by atoms with van der Waals surface area (Å²) in [7, 11) is 0. The number of carbonyl (C=O) groups is 4.